The lowest BCUT2D eigenvalue weighted by molar-refractivity contribution is -0.152. The number of halogens is 3. The third kappa shape index (κ3) is 3.47. The molecule has 0 aliphatic rings. The van der Waals surface area contributed by atoms with Gasteiger partial charge in [-0.25, -0.2) is 0 Å². The maximum Gasteiger partial charge on any atom is 0.413 e. The molecule has 0 aliphatic heterocycles. The molecular formula is C5H5F3N3O3S-. The summed E-state index contributed by atoms with van der Waals surface area (Å²) < 4.78 is 60.7. The van der Waals surface area contributed by atoms with E-state index in [0.29, 0.717) is 0 Å². The Morgan fingerprint density at radius 1 is 1.40 bits per heavy atom. The second-order valence-corrected chi connectivity index (χ2v) is 3.98. The van der Waals surface area contributed by atoms with Gasteiger partial charge in [-0.15, -0.1) is 0 Å². The standard InChI is InChI=1S/C5H5F3N3O3S/c1-3-9-4(11-10-3)15(12,13)14-2-5(6,7)8/h2H2,1H3/q-1. The van der Waals surface area contributed by atoms with Crippen LogP contribution in [0.25, 0.3) is 0 Å². The maximum atomic E-state index is 11.7. The van der Waals surface area contributed by atoms with Gasteiger partial charge in [-0.2, -0.15) is 21.6 Å². The highest BCUT2D eigenvalue weighted by atomic mass is 32.2. The lowest BCUT2D eigenvalue weighted by atomic mass is 10.7. The van der Waals surface area contributed by atoms with Crippen LogP contribution in [0.2, 0.25) is 0 Å². The second-order valence-electron chi connectivity index (χ2n) is 2.47. The number of rotatable bonds is 3. The summed E-state index contributed by atoms with van der Waals surface area (Å²) in [6.07, 6.45) is -4.73. The first kappa shape index (κ1) is 11.9. The molecule has 1 aromatic heterocycles. The van der Waals surface area contributed by atoms with Crippen molar-refractivity contribution in [3.05, 3.63) is 5.82 Å². The highest BCUT2D eigenvalue weighted by Gasteiger charge is 2.31. The molecule has 10 heteroatoms. The van der Waals surface area contributed by atoms with Crippen molar-refractivity contribution in [2.24, 2.45) is 0 Å². The van der Waals surface area contributed by atoms with Gasteiger partial charge < -0.3 is 15.2 Å². The number of hydrogen-bond donors (Lipinski definition) is 0. The van der Waals surface area contributed by atoms with Crippen LogP contribution in [0.15, 0.2) is 5.16 Å². The second kappa shape index (κ2) is 3.77. The minimum Gasteiger partial charge on any atom is -0.353 e. The van der Waals surface area contributed by atoms with Crippen LogP contribution in [-0.2, 0) is 14.3 Å². The van der Waals surface area contributed by atoms with E-state index in [2.05, 4.69) is 19.4 Å². The molecule has 1 aromatic rings. The Labute approximate surface area is 82.6 Å². The lowest BCUT2D eigenvalue weighted by Gasteiger charge is -2.07. The van der Waals surface area contributed by atoms with E-state index in [1.54, 1.807) is 0 Å². The highest BCUT2D eigenvalue weighted by Crippen LogP contribution is 2.17. The van der Waals surface area contributed by atoms with Crippen LogP contribution >= 0.6 is 0 Å². The zero-order valence-corrected chi connectivity index (χ0v) is 8.13. The van der Waals surface area contributed by atoms with Crippen molar-refractivity contribution in [1.82, 2.24) is 15.2 Å². The Kier molecular flexibility index (Phi) is 3.00. The first-order valence-electron chi connectivity index (χ1n) is 3.51. The average molecular weight is 244 g/mol. The largest absolute Gasteiger partial charge is 0.413 e. The van der Waals surface area contributed by atoms with Crippen molar-refractivity contribution in [1.29, 1.82) is 0 Å². The fraction of sp³-hybridized carbons (Fsp3) is 0.600. The topological polar surface area (TPSA) is 83.2 Å². The minimum absolute atomic E-state index is 0.0317. The summed E-state index contributed by atoms with van der Waals surface area (Å²) in [6, 6.07) is 0. The maximum absolute atomic E-state index is 11.7. The molecule has 1 rings (SSSR count). The van der Waals surface area contributed by atoms with Crippen LogP contribution in [0.4, 0.5) is 13.2 Å². The van der Waals surface area contributed by atoms with Crippen LogP contribution < -0.4 is 4.98 Å². The third-order valence-electron chi connectivity index (χ3n) is 1.14. The zero-order chi connectivity index (χ0) is 11.7. The summed E-state index contributed by atoms with van der Waals surface area (Å²) in [5.41, 5.74) is 0. The van der Waals surface area contributed by atoms with Gasteiger partial charge in [0, 0.05) is 0 Å². The van der Waals surface area contributed by atoms with Crippen LogP contribution in [0, 0.1) is 6.92 Å². The van der Waals surface area contributed by atoms with Crippen LogP contribution in [0.1, 0.15) is 5.82 Å². The molecule has 0 N–H and O–H groups in total. The molecule has 0 radical (unpaired) electrons. The monoisotopic (exact) mass is 244 g/mol. The summed E-state index contributed by atoms with van der Waals surface area (Å²) >= 11 is 0. The van der Waals surface area contributed by atoms with Gasteiger partial charge in [0.05, 0.1) is 0 Å². The molecule has 1 heterocycles. The quantitative estimate of drug-likeness (QED) is 0.696. The summed E-state index contributed by atoms with van der Waals surface area (Å²) in [5.74, 6) is 0.0317. The first-order valence-corrected chi connectivity index (χ1v) is 4.92. The molecule has 0 spiro atoms. The van der Waals surface area contributed by atoms with Crippen molar-refractivity contribution in [3.63, 3.8) is 0 Å². The Morgan fingerprint density at radius 3 is 2.40 bits per heavy atom. The number of aryl methyl sites for hydroxylation is 1. The summed E-state index contributed by atoms with van der Waals surface area (Å²) in [6.45, 7) is -0.571. The van der Waals surface area contributed by atoms with E-state index < -0.39 is 28.1 Å². The predicted molar refractivity (Wildman–Crippen MR) is 39.3 cm³/mol. The van der Waals surface area contributed by atoms with Gasteiger partial charge >= 0.3 is 16.3 Å². The average Bonchev–Trinajstić information content (AvgIpc) is 2.48. The van der Waals surface area contributed by atoms with E-state index in [9.17, 15) is 21.6 Å². The normalized spacial score (nSPS) is 13.1. The molecule has 0 unspecified atom stereocenters. The van der Waals surface area contributed by atoms with Gasteiger partial charge in [0.15, 0.2) is 6.61 Å². The van der Waals surface area contributed by atoms with Crippen molar-refractivity contribution >= 4 is 10.1 Å². The van der Waals surface area contributed by atoms with E-state index in [1.165, 1.54) is 6.92 Å². The smallest absolute Gasteiger partial charge is 0.353 e. The van der Waals surface area contributed by atoms with Crippen molar-refractivity contribution in [3.8, 4) is 0 Å². The van der Waals surface area contributed by atoms with Gasteiger partial charge in [-0.1, -0.05) is 0 Å². The van der Waals surface area contributed by atoms with E-state index >= 15 is 0 Å². The molecule has 0 atom stereocenters. The number of aromatic nitrogens is 3. The van der Waals surface area contributed by atoms with Gasteiger partial charge in [-0.05, 0) is 12.7 Å². The molecule has 6 nitrogen and oxygen atoms in total. The van der Waals surface area contributed by atoms with Gasteiger partial charge in [-0.3, -0.25) is 4.18 Å². The van der Waals surface area contributed by atoms with Crippen LogP contribution in [0.3, 0.4) is 0 Å². The Morgan fingerprint density at radius 2 is 2.00 bits per heavy atom. The fourth-order valence-electron chi connectivity index (χ4n) is 0.601. The number of hydrogen-bond acceptors (Lipinski definition) is 5. The first-order chi connectivity index (χ1) is 6.71. The van der Waals surface area contributed by atoms with Gasteiger partial charge in [0.25, 0.3) is 0 Å². The Balaban J connectivity index is 2.77. The van der Waals surface area contributed by atoms with Crippen LogP contribution in [0.5, 0.6) is 0 Å². The lowest BCUT2D eigenvalue weighted by Crippen LogP contribution is -2.21. The fourth-order valence-corrected chi connectivity index (χ4v) is 1.38. The molecule has 0 saturated carbocycles. The molecule has 0 bridgehead atoms. The molecule has 15 heavy (non-hydrogen) atoms. The van der Waals surface area contributed by atoms with E-state index in [1.807, 2.05) is 0 Å². The summed E-state index contributed by atoms with van der Waals surface area (Å²) in [7, 11) is -4.58. The summed E-state index contributed by atoms with van der Waals surface area (Å²) in [4.78, 5) is 3.28. The molecule has 0 amide bonds. The highest BCUT2D eigenvalue weighted by molar-refractivity contribution is 7.86. The van der Waals surface area contributed by atoms with Crippen molar-refractivity contribution in [2.75, 3.05) is 6.61 Å². The van der Waals surface area contributed by atoms with Gasteiger partial charge in [0.1, 0.15) is 5.16 Å². The zero-order valence-electron chi connectivity index (χ0n) is 7.32. The molecule has 0 aliphatic carbocycles. The molecule has 86 valence electrons. The van der Waals surface area contributed by atoms with Crippen molar-refractivity contribution < 1.29 is 25.8 Å². The number of alkyl halides is 3. The molecular weight excluding hydrogens is 239 g/mol. The van der Waals surface area contributed by atoms with Crippen LogP contribution in [-0.4, -0.2) is 31.4 Å². The van der Waals surface area contributed by atoms with E-state index in [4.69, 9.17) is 0 Å². The Hall–Kier alpha value is -1.16. The SMILES string of the molecule is Cc1nnc(S(=O)(=O)OCC(F)(F)F)[n-]1. The Bertz CT molecular complexity index is 438. The molecule has 0 fully saturated rings. The van der Waals surface area contributed by atoms with E-state index in [-0.39, 0.29) is 5.82 Å². The predicted octanol–water partition coefficient (Wildman–Crippen LogP) is 0.00982. The van der Waals surface area contributed by atoms with Crippen molar-refractivity contribution in [2.45, 2.75) is 18.3 Å². The number of nitrogens with zero attached hydrogens (tertiary/aromatic N) is 3. The summed E-state index contributed by atoms with van der Waals surface area (Å²) in [5, 5.41) is 5.40. The van der Waals surface area contributed by atoms with Gasteiger partial charge in [0.2, 0.25) is 0 Å². The minimum atomic E-state index is -4.73. The molecule has 0 aromatic carbocycles. The third-order valence-corrected chi connectivity index (χ3v) is 2.19. The van der Waals surface area contributed by atoms with E-state index in [0.717, 1.165) is 0 Å². The molecule has 0 saturated heterocycles.